The molecular formula is C24H18N2O3. The third kappa shape index (κ3) is 3.99. The number of carbonyl (C=O) groups is 2. The second-order valence-electron chi connectivity index (χ2n) is 6.52. The predicted molar refractivity (Wildman–Crippen MR) is 111 cm³/mol. The summed E-state index contributed by atoms with van der Waals surface area (Å²) in [5, 5.41) is 2.80. The fourth-order valence-corrected chi connectivity index (χ4v) is 3.00. The molecule has 5 nitrogen and oxygen atoms in total. The number of rotatable bonds is 5. The van der Waals surface area contributed by atoms with Crippen LogP contribution in [0.5, 0.6) is 0 Å². The number of anilines is 1. The van der Waals surface area contributed by atoms with Gasteiger partial charge in [0.1, 0.15) is 5.76 Å². The first kappa shape index (κ1) is 18.4. The van der Waals surface area contributed by atoms with Crippen LogP contribution >= 0.6 is 0 Å². The SMILES string of the molecule is Cc1oc(-c2ccccc2)nc1C(=O)Nc1cccc(C(=O)c2ccccc2)c1. The lowest BCUT2D eigenvalue weighted by molar-refractivity contribution is 0.101. The number of carbonyl (C=O) groups excluding carboxylic acids is 2. The number of amides is 1. The molecule has 0 unspecified atom stereocenters. The van der Waals surface area contributed by atoms with E-state index in [2.05, 4.69) is 10.3 Å². The first-order valence-electron chi connectivity index (χ1n) is 9.16. The Labute approximate surface area is 168 Å². The van der Waals surface area contributed by atoms with Crippen molar-refractivity contribution in [3.05, 3.63) is 108 Å². The van der Waals surface area contributed by atoms with E-state index in [-0.39, 0.29) is 11.5 Å². The summed E-state index contributed by atoms with van der Waals surface area (Å²) in [6.45, 7) is 1.70. The number of aryl methyl sites for hydroxylation is 1. The standard InChI is InChI=1S/C24H18N2O3/c1-16-21(26-24(29-16)18-11-6-3-7-12-18)23(28)25-20-14-8-13-19(15-20)22(27)17-9-4-2-5-10-17/h2-15H,1H3,(H,25,28). The Bertz CT molecular complexity index is 1170. The van der Waals surface area contributed by atoms with Gasteiger partial charge in [-0.15, -0.1) is 0 Å². The maximum absolute atomic E-state index is 12.7. The smallest absolute Gasteiger partial charge is 0.277 e. The fraction of sp³-hybridized carbons (Fsp3) is 0.0417. The summed E-state index contributed by atoms with van der Waals surface area (Å²) < 4.78 is 5.65. The van der Waals surface area contributed by atoms with Crippen molar-refractivity contribution in [2.24, 2.45) is 0 Å². The molecule has 1 aromatic heterocycles. The van der Waals surface area contributed by atoms with Crippen molar-refractivity contribution in [1.82, 2.24) is 4.98 Å². The lowest BCUT2D eigenvalue weighted by Crippen LogP contribution is -2.14. The summed E-state index contributed by atoms with van der Waals surface area (Å²) in [4.78, 5) is 29.7. The van der Waals surface area contributed by atoms with Crippen molar-refractivity contribution in [1.29, 1.82) is 0 Å². The van der Waals surface area contributed by atoms with Crippen molar-refractivity contribution in [3.63, 3.8) is 0 Å². The molecule has 5 heteroatoms. The molecule has 0 aliphatic heterocycles. The minimum Gasteiger partial charge on any atom is -0.441 e. The van der Waals surface area contributed by atoms with Crippen molar-refractivity contribution in [2.45, 2.75) is 6.92 Å². The number of nitrogens with zero attached hydrogens (tertiary/aromatic N) is 1. The van der Waals surface area contributed by atoms with Crippen molar-refractivity contribution < 1.29 is 14.0 Å². The maximum Gasteiger partial charge on any atom is 0.277 e. The molecule has 1 N–H and O–H groups in total. The molecular weight excluding hydrogens is 364 g/mol. The molecule has 4 aromatic rings. The lowest BCUT2D eigenvalue weighted by atomic mass is 10.0. The summed E-state index contributed by atoms with van der Waals surface area (Å²) in [7, 11) is 0. The van der Waals surface area contributed by atoms with Crippen LogP contribution in [0, 0.1) is 6.92 Å². The fourth-order valence-electron chi connectivity index (χ4n) is 3.00. The number of oxazole rings is 1. The number of benzene rings is 3. The molecule has 0 aliphatic carbocycles. The largest absolute Gasteiger partial charge is 0.441 e. The quantitative estimate of drug-likeness (QED) is 0.486. The zero-order valence-electron chi connectivity index (χ0n) is 15.8. The highest BCUT2D eigenvalue weighted by Crippen LogP contribution is 2.22. The average molecular weight is 382 g/mol. The highest BCUT2D eigenvalue weighted by Gasteiger charge is 2.18. The molecule has 0 saturated heterocycles. The Morgan fingerprint density at radius 1 is 0.828 bits per heavy atom. The van der Waals surface area contributed by atoms with Gasteiger partial charge in [-0.3, -0.25) is 9.59 Å². The molecule has 0 aliphatic rings. The molecule has 0 saturated carbocycles. The average Bonchev–Trinajstić information content (AvgIpc) is 3.16. The van der Waals surface area contributed by atoms with Gasteiger partial charge in [-0.25, -0.2) is 4.98 Å². The van der Waals surface area contributed by atoms with Crippen molar-refractivity contribution in [2.75, 3.05) is 5.32 Å². The molecule has 0 spiro atoms. The summed E-state index contributed by atoms with van der Waals surface area (Å²) >= 11 is 0. The molecule has 0 fully saturated rings. The van der Waals surface area contributed by atoms with E-state index in [0.717, 1.165) is 5.56 Å². The van der Waals surface area contributed by atoms with Crippen LogP contribution in [-0.2, 0) is 0 Å². The van der Waals surface area contributed by atoms with Crippen LogP contribution < -0.4 is 5.32 Å². The minimum absolute atomic E-state index is 0.106. The first-order chi connectivity index (χ1) is 14.1. The topological polar surface area (TPSA) is 72.2 Å². The van der Waals surface area contributed by atoms with Gasteiger partial charge in [-0.2, -0.15) is 0 Å². The van der Waals surface area contributed by atoms with Crippen LogP contribution in [0.1, 0.15) is 32.2 Å². The molecule has 1 heterocycles. The molecule has 142 valence electrons. The lowest BCUT2D eigenvalue weighted by Gasteiger charge is -2.06. The monoisotopic (exact) mass is 382 g/mol. The Hall–Kier alpha value is -3.99. The Balaban J connectivity index is 1.55. The number of ketones is 1. The van der Waals surface area contributed by atoms with Crippen LogP contribution in [-0.4, -0.2) is 16.7 Å². The number of hydrogen-bond acceptors (Lipinski definition) is 4. The van der Waals surface area contributed by atoms with Gasteiger partial charge in [-0.1, -0.05) is 60.7 Å². The Kier molecular flexibility index (Phi) is 5.03. The van der Waals surface area contributed by atoms with Gasteiger partial charge in [-0.05, 0) is 31.2 Å². The molecule has 0 bridgehead atoms. The summed E-state index contributed by atoms with van der Waals surface area (Å²) in [5.41, 5.74) is 2.61. The van der Waals surface area contributed by atoms with Gasteiger partial charge >= 0.3 is 0 Å². The first-order valence-corrected chi connectivity index (χ1v) is 9.16. The third-order valence-corrected chi connectivity index (χ3v) is 4.45. The number of hydrogen-bond donors (Lipinski definition) is 1. The van der Waals surface area contributed by atoms with Gasteiger partial charge < -0.3 is 9.73 Å². The van der Waals surface area contributed by atoms with E-state index in [9.17, 15) is 9.59 Å². The molecule has 3 aromatic carbocycles. The molecule has 0 atom stereocenters. The summed E-state index contributed by atoms with van der Waals surface area (Å²) in [6.07, 6.45) is 0. The van der Waals surface area contributed by atoms with Crippen LogP contribution in [0.25, 0.3) is 11.5 Å². The summed E-state index contributed by atoms with van der Waals surface area (Å²) in [5.74, 6) is 0.322. The van der Waals surface area contributed by atoms with Crippen LogP contribution in [0.15, 0.2) is 89.3 Å². The minimum atomic E-state index is -0.391. The molecule has 0 radical (unpaired) electrons. The van der Waals surface area contributed by atoms with Crippen LogP contribution in [0.4, 0.5) is 5.69 Å². The van der Waals surface area contributed by atoms with Crippen molar-refractivity contribution in [3.8, 4) is 11.5 Å². The normalized spacial score (nSPS) is 10.5. The third-order valence-electron chi connectivity index (χ3n) is 4.45. The van der Waals surface area contributed by atoms with E-state index in [1.807, 2.05) is 48.5 Å². The molecule has 29 heavy (non-hydrogen) atoms. The van der Waals surface area contributed by atoms with Gasteiger partial charge in [0.2, 0.25) is 5.89 Å². The zero-order chi connectivity index (χ0) is 20.2. The predicted octanol–water partition coefficient (Wildman–Crippen LogP) is 5.13. The number of nitrogens with one attached hydrogen (secondary N) is 1. The van der Waals surface area contributed by atoms with E-state index in [1.54, 1.807) is 43.3 Å². The second-order valence-corrected chi connectivity index (χ2v) is 6.52. The molecule has 4 rings (SSSR count). The van der Waals surface area contributed by atoms with E-state index in [4.69, 9.17) is 4.42 Å². The maximum atomic E-state index is 12.7. The highest BCUT2D eigenvalue weighted by molar-refractivity contribution is 6.10. The number of aromatic nitrogens is 1. The van der Waals surface area contributed by atoms with Crippen LogP contribution in [0.3, 0.4) is 0 Å². The van der Waals surface area contributed by atoms with Crippen LogP contribution in [0.2, 0.25) is 0 Å². The van der Waals surface area contributed by atoms with Gasteiger partial charge in [0, 0.05) is 22.4 Å². The Morgan fingerprint density at radius 2 is 1.48 bits per heavy atom. The Morgan fingerprint density at radius 3 is 2.21 bits per heavy atom. The van der Waals surface area contributed by atoms with E-state index in [0.29, 0.717) is 28.5 Å². The van der Waals surface area contributed by atoms with Gasteiger partial charge in [0.15, 0.2) is 11.5 Å². The van der Waals surface area contributed by atoms with Crippen molar-refractivity contribution >= 4 is 17.4 Å². The molecule has 1 amide bonds. The van der Waals surface area contributed by atoms with Gasteiger partial charge in [0.05, 0.1) is 0 Å². The van der Waals surface area contributed by atoms with E-state index in [1.165, 1.54) is 0 Å². The van der Waals surface area contributed by atoms with Gasteiger partial charge in [0.25, 0.3) is 5.91 Å². The highest BCUT2D eigenvalue weighted by atomic mass is 16.4. The summed E-state index contributed by atoms with van der Waals surface area (Å²) in [6, 6.07) is 25.2. The zero-order valence-corrected chi connectivity index (χ0v) is 15.8. The van der Waals surface area contributed by atoms with E-state index < -0.39 is 5.91 Å². The van der Waals surface area contributed by atoms with E-state index >= 15 is 0 Å². The second kappa shape index (κ2) is 7.94.